The van der Waals surface area contributed by atoms with Crippen molar-refractivity contribution in [3.8, 4) is 11.5 Å². The molecule has 5 heteroatoms. The number of carbonyl (C=O) groups excluding carboxylic acids is 2. The molecule has 0 aliphatic carbocycles. The number of rotatable bonds is 4. The Balaban J connectivity index is 3.51. The van der Waals surface area contributed by atoms with Gasteiger partial charge >= 0.3 is 0 Å². The van der Waals surface area contributed by atoms with E-state index in [0.29, 0.717) is 6.29 Å². The summed E-state index contributed by atoms with van der Waals surface area (Å²) >= 11 is 0. The van der Waals surface area contributed by atoms with Crippen LogP contribution in [0.2, 0.25) is 0 Å². The third-order valence-corrected chi connectivity index (χ3v) is 1.92. The maximum atomic E-state index is 10.9. The van der Waals surface area contributed by atoms with Gasteiger partial charge in [-0.3, -0.25) is 9.59 Å². The highest BCUT2D eigenvalue weighted by Crippen LogP contribution is 2.32. The van der Waals surface area contributed by atoms with Gasteiger partial charge in [-0.25, -0.2) is 0 Å². The summed E-state index contributed by atoms with van der Waals surface area (Å²) in [4.78, 5) is 21.6. The SMILES string of the molecule is COc1ccc(C=O)c(C([N])=O)c1OC. The number of ether oxygens (including phenoxy) is 2. The minimum Gasteiger partial charge on any atom is -0.493 e. The Morgan fingerprint density at radius 3 is 2.40 bits per heavy atom. The predicted octanol–water partition coefficient (Wildman–Crippen LogP) is 0.725. The number of hydrogen-bond acceptors (Lipinski definition) is 4. The van der Waals surface area contributed by atoms with E-state index in [1.165, 1.54) is 26.4 Å². The first kappa shape index (κ1) is 11.0. The lowest BCUT2D eigenvalue weighted by molar-refractivity contribution is 0.0981. The number of aldehydes is 1. The van der Waals surface area contributed by atoms with E-state index < -0.39 is 5.91 Å². The zero-order chi connectivity index (χ0) is 11.4. The van der Waals surface area contributed by atoms with Gasteiger partial charge in [0.05, 0.1) is 19.8 Å². The predicted molar refractivity (Wildman–Crippen MR) is 51.4 cm³/mol. The molecule has 0 spiro atoms. The fourth-order valence-corrected chi connectivity index (χ4v) is 1.26. The maximum absolute atomic E-state index is 10.9. The van der Waals surface area contributed by atoms with E-state index in [-0.39, 0.29) is 22.6 Å². The van der Waals surface area contributed by atoms with Gasteiger partial charge in [0.1, 0.15) is 0 Å². The third-order valence-electron chi connectivity index (χ3n) is 1.92. The van der Waals surface area contributed by atoms with Crippen molar-refractivity contribution >= 4 is 12.2 Å². The van der Waals surface area contributed by atoms with Crippen LogP contribution in [0.1, 0.15) is 20.7 Å². The van der Waals surface area contributed by atoms with Crippen LogP contribution in [0.5, 0.6) is 11.5 Å². The van der Waals surface area contributed by atoms with Crippen LogP contribution in [0.4, 0.5) is 0 Å². The molecular weight excluding hydrogens is 198 g/mol. The van der Waals surface area contributed by atoms with Crippen molar-refractivity contribution in [1.29, 1.82) is 0 Å². The molecule has 0 saturated carbocycles. The van der Waals surface area contributed by atoms with Gasteiger partial charge in [0.15, 0.2) is 17.8 Å². The fraction of sp³-hybridized carbons (Fsp3) is 0.200. The molecule has 1 rings (SSSR count). The molecule has 1 aromatic rings. The Labute approximate surface area is 86.8 Å². The van der Waals surface area contributed by atoms with Crippen LogP contribution in [0.15, 0.2) is 12.1 Å². The van der Waals surface area contributed by atoms with Gasteiger partial charge in [-0.15, -0.1) is 5.73 Å². The van der Waals surface area contributed by atoms with E-state index in [1.807, 2.05) is 0 Å². The van der Waals surface area contributed by atoms with E-state index in [9.17, 15) is 9.59 Å². The largest absolute Gasteiger partial charge is 0.493 e. The normalized spacial score (nSPS) is 9.47. The summed E-state index contributed by atoms with van der Waals surface area (Å²) in [6.07, 6.45) is 0.464. The third kappa shape index (κ3) is 1.90. The minimum atomic E-state index is -1.23. The average molecular weight is 207 g/mol. The van der Waals surface area contributed by atoms with Crippen LogP contribution in [0.3, 0.4) is 0 Å². The monoisotopic (exact) mass is 207 g/mol. The summed E-state index contributed by atoms with van der Waals surface area (Å²) in [5.41, 5.74) is 8.80. The highest BCUT2D eigenvalue weighted by atomic mass is 16.5. The molecule has 78 valence electrons. The second-order valence-corrected chi connectivity index (χ2v) is 2.69. The molecule has 15 heavy (non-hydrogen) atoms. The van der Waals surface area contributed by atoms with Crippen molar-refractivity contribution in [3.05, 3.63) is 23.3 Å². The number of methoxy groups -OCH3 is 2. The molecule has 0 fully saturated rings. The summed E-state index contributed by atoms with van der Waals surface area (Å²) in [6, 6.07) is 2.85. The molecule has 0 unspecified atom stereocenters. The van der Waals surface area contributed by atoms with E-state index in [1.54, 1.807) is 0 Å². The summed E-state index contributed by atoms with van der Waals surface area (Å²) < 4.78 is 9.83. The zero-order valence-electron chi connectivity index (χ0n) is 8.31. The lowest BCUT2D eigenvalue weighted by Gasteiger charge is -2.11. The molecule has 0 aliphatic heterocycles. The molecule has 1 amide bonds. The molecule has 0 heterocycles. The number of carbonyl (C=O) groups is 2. The maximum Gasteiger partial charge on any atom is 0.300 e. The summed E-state index contributed by atoms with van der Waals surface area (Å²) in [7, 11) is 2.71. The molecule has 0 aliphatic rings. The van der Waals surface area contributed by atoms with Gasteiger partial charge in [-0.05, 0) is 12.1 Å². The van der Waals surface area contributed by atoms with Crippen molar-refractivity contribution in [2.24, 2.45) is 0 Å². The molecule has 0 bridgehead atoms. The van der Waals surface area contributed by atoms with Crippen LogP contribution in [-0.4, -0.2) is 26.4 Å². The van der Waals surface area contributed by atoms with Crippen molar-refractivity contribution < 1.29 is 19.1 Å². The highest BCUT2D eigenvalue weighted by molar-refractivity contribution is 6.03. The molecule has 0 aromatic heterocycles. The standard InChI is InChI=1S/C10H9NO4/c1-14-7-4-3-6(5-12)8(10(11)13)9(7)15-2/h3-5H,1-2H3. The first-order chi connectivity index (χ1) is 7.15. The first-order valence-electron chi connectivity index (χ1n) is 4.09. The first-order valence-corrected chi connectivity index (χ1v) is 4.09. The number of nitrogens with zero attached hydrogens (tertiary/aromatic N) is 1. The fourth-order valence-electron chi connectivity index (χ4n) is 1.26. The van der Waals surface area contributed by atoms with Gasteiger partial charge in [0, 0.05) is 5.56 Å². The van der Waals surface area contributed by atoms with Crippen LogP contribution in [0, 0.1) is 0 Å². The van der Waals surface area contributed by atoms with Gasteiger partial charge in [0.2, 0.25) is 0 Å². The van der Waals surface area contributed by atoms with Gasteiger partial charge in [0.25, 0.3) is 5.91 Å². The molecule has 0 N–H and O–H groups in total. The topological polar surface area (TPSA) is 74.9 Å². The van der Waals surface area contributed by atoms with Crippen molar-refractivity contribution in [3.63, 3.8) is 0 Å². The Kier molecular flexibility index (Phi) is 3.28. The number of hydrogen-bond donors (Lipinski definition) is 0. The van der Waals surface area contributed by atoms with E-state index >= 15 is 0 Å². The molecule has 0 atom stereocenters. The van der Waals surface area contributed by atoms with Crippen molar-refractivity contribution in [2.75, 3.05) is 14.2 Å². The van der Waals surface area contributed by atoms with Gasteiger partial charge in [-0.2, -0.15) is 0 Å². The zero-order valence-corrected chi connectivity index (χ0v) is 8.31. The smallest absolute Gasteiger partial charge is 0.300 e. The number of amides is 1. The minimum absolute atomic E-state index is 0.0506. The molecule has 2 radical (unpaired) electrons. The number of benzene rings is 1. The lowest BCUT2D eigenvalue weighted by Crippen LogP contribution is -2.07. The molecule has 1 aromatic carbocycles. The molecule has 0 saturated heterocycles. The summed E-state index contributed by atoms with van der Waals surface area (Å²) in [5, 5.41) is 0. The summed E-state index contributed by atoms with van der Waals surface area (Å²) in [5.74, 6) is -0.900. The van der Waals surface area contributed by atoms with Crippen LogP contribution in [-0.2, 0) is 0 Å². The van der Waals surface area contributed by atoms with Crippen LogP contribution >= 0.6 is 0 Å². The quantitative estimate of drug-likeness (QED) is 0.682. The van der Waals surface area contributed by atoms with Crippen molar-refractivity contribution in [2.45, 2.75) is 0 Å². The Morgan fingerprint density at radius 1 is 1.33 bits per heavy atom. The highest BCUT2D eigenvalue weighted by Gasteiger charge is 2.20. The van der Waals surface area contributed by atoms with Crippen molar-refractivity contribution in [1.82, 2.24) is 5.73 Å². The summed E-state index contributed by atoms with van der Waals surface area (Å²) in [6.45, 7) is 0. The second-order valence-electron chi connectivity index (χ2n) is 2.69. The lowest BCUT2D eigenvalue weighted by atomic mass is 10.1. The Bertz CT molecular complexity index is 401. The van der Waals surface area contributed by atoms with E-state index in [0.717, 1.165) is 0 Å². The Morgan fingerprint density at radius 2 is 2.00 bits per heavy atom. The molecular formula is C10H9NO4. The van der Waals surface area contributed by atoms with Gasteiger partial charge in [-0.1, -0.05) is 0 Å². The van der Waals surface area contributed by atoms with Crippen LogP contribution in [0.25, 0.3) is 0 Å². The van der Waals surface area contributed by atoms with E-state index in [4.69, 9.17) is 15.2 Å². The average Bonchev–Trinajstić information content (AvgIpc) is 2.26. The van der Waals surface area contributed by atoms with Crippen LogP contribution < -0.4 is 15.2 Å². The van der Waals surface area contributed by atoms with E-state index in [2.05, 4.69) is 0 Å². The molecule has 5 nitrogen and oxygen atoms in total. The van der Waals surface area contributed by atoms with Gasteiger partial charge < -0.3 is 9.47 Å². The second kappa shape index (κ2) is 4.45. The Hall–Kier alpha value is -2.04.